The lowest BCUT2D eigenvalue weighted by molar-refractivity contribution is 0.539. The lowest BCUT2D eigenvalue weighted by Gasteiger charge is -2.13. The number of hydrogen-bond acceptors (Lipinski definition) is 3. The number of rotatable bonds is 4. The Labute approximate surface area is 105 Å². The molecule has 0 aromatic heterocycles. The molecule has 0 bridgehead atoms. The van der Waals surface area contributed by atoms with Gasteiger partial charge in [-0.2, -0.15) is 0 Å². The van der Waals surface area contributed by atoms with Crippen molar-refractivity contribution in [2.75, 3.05) is 5.73 Å². The summed E-state index contributed by atoms with van der Waals surface area (Å²) in [5.41, 5.74) is 5.54. The number of anilines is 1. The highest BCUT2D eigenvalue weighted by molar-refractivity contribution is 7.89. The van der Waals surface area contributed by atoms with E-state index in [9.17, 15) is 12.8 Å². The highest BCUT2D eigenvalue weighted by Gasteiger charge is 2.23. The first-order chi connectivity index (χ1) is 7.77. The number of benzene rings is 1. The molecule has 0 aliphatic rings. The summed E-state index contributed by atoms with van der Waals surface area (Å²) in [4.78, 5) is -0.525. The van der Waals surface area contributed by atoms with E-state index in [1.54, 1.807) is 6.92 Å². The van der Waals surface area contributed by atoms with E-state index in [-0.39, 0.29) is 16.8 Å². The molecule has 1 unspecified atom stereocenters. The molecule has 0 spiro atoms. The Kier molecular flexibility index (Phi) is 4.35. The first-order valence-corrected chi connectivity index (χ1v) is 6.91. The van der Waals surface area contributed by atoms with Gasteiger partial charge in [0.25, 0.3) is 0 Å². The van der Waals surface area contributed by atoms with Gasteiger partial charge in [0.2, 0.25) is 10.0 Å². The minimum absolute atomic E-state index is 0.0981. The largest absolute Gasteiger partial charge is 0.399 e. The van der Waals surface area contributed by atoms with Crippen LogP contribution in [-0.2, 0) is 10.0 Å². The van der Waals surface area contributed by atoms with Gasteiger partial charge in [0.15, 0.2) is 5.82 Å². The van der Waals surface area contributed by atoms with E-state index in [0.717, 1.165) is 6.07 Å². The second-order valence-corrected chi connectivity index (χ2v) is 5.84. The van der Waals surface area contributed by atoms with Gasteiger partial charge in [0.05, 0.1) is 5.02 Å². The summed E-state index contributed by atoms with van der Waals surface area (Å²) in [6.07, 6.45) is 0.594. The van der Waals surface area contributed by atoms with Crippen molar-refractivity contribution in [2.45, 2.75) is 31.2 Å². The van der Waals surface area contributed by atoms with Crippen LogP contribution in [0.1, 0.15) is 20.3 Å². The molecule has 17 heavy (non-hydrogen) atoms. The second kappa shape index (κ2) is 5.20. The fraction of sp³-hybridized carbons (Fsp3) is 0.400. The highest BCUT2D eigenvalue weighted by atomic mass is 35.5. The molecule has 1 aromatic rings. The predicted octanol–water partition coefficient (Wildman–Crippen LogP) is 2.14. The molecule has 7 heteroatoms. The van der Waals surface area contributed by atoms with Gasteiger partial charge in [0, 0.05) is 11.7 Å². The number of nitrogens with one attached hydrogen (secondary N) is 1. The van der Waals surface area contributed by atoms with Crippen LogP contribution in [0.2, 0.25) is 5.02 Å². The van der Waals surface area contributed by atoms with Gasteiger partial charge in [-0.05, 0) is 25.5 Å². The van der Waals surface area contributed by atoms with E-state index in [4.69, 9.17) is 17.3 Å². The standard InChI is InChI=1S/C10H14ClFN2O2S/c1-3-6(2)14-17(15,16)9-5-7(13)4-8(11)10(9)12/h4-6,14H,3,13H2,1-2H3. The molecule has 0 saturated heterocycles. The number of nitrogen functional groups attached to an aromatic ring is 1. The molecule has 4 nitrogen and oxygen atoms in total. The third-order valence-electron chi connectivity index (χ3n) is 2.28. The summed E-state index contributed by atoms with van der Waals surface area (Å²) in [6.45, 7) is 3.50. The zero-order valence-electron chi connectivity index (χ0n) is 9.50. The zero-order chi connectivity index (χ0) is 13.2. The molecular formula is C10H14ClFN2O2S. The van der Waals surface area contributed by atoms with Crippen molar-refractivity contribution in [3.8, 4) is 0 Å². The lowest BCUT2D eigenvalue weighted by atomic mass is 10.3. The Morgan fingerprint density at radius 1 is 1.53 bits per heavy atom. The first-order valence-electron chi connectivity index (χ1n) is 5.04. The van der Waals surface area contributed by atoms with Crippen molar-refractivity contribution < 1.29 is 12.8 Å². The van der Waals surface area contributed by atoms with Crippen LogP contribution in [0.4, 0.5) is 10.1 Å². The molecule has 0 amide bonds. The Hall–Kier alpha value is -0.850. The normalized spacial score (nSPS) is 13.6. The van der Waals surface area contributed by atoms with E-state index in [1.165, 1.54) is 6.07 Å². The van der Waals surface area contributed by atoms with Crippen molar-refractivity contribution in [3.63, 3.8) is 0 Å². The van der Waals surface area contributed by atoms with Crippen LogP contribution in [0.25, 0.3) is 0 Å². The van der Waals surface area contributed by atoms with Gasteiger partial charge >= 0.3 is 0 Å². The molecule has 0 heterocycles. The van der Waals surface area contributed by atoms with Crippen molar-refractivity contribution >= 4 is 27.3 Å². The minimum Gasteiger partial charge on any atom is -0.399 e. The van der Waals surface area contributed by atoms with Crippen LogP contribution >= 0.6 is 11.6 Å². The van der Waals surface area contributed by atoms with E-state index < -0.39 is 20.7 Å². The average molecular weight is 281 g/mol. The fourth-order valence-electron chi connectivity index (χ4n) is 1.19. The Morgan fingerprint density at radius 2 is 2.12 bits per heavy atom. The van der Waals surface area contributed by atoms with Crippen molar-refractivity contribution in [1.29, 1.82) is 0 Å². The topological polar surface area (TPSA) is 72.2 Å². The number of nitrogens with two attached hydrogens (primary N) is 1. The molecule has 3 N–H and O–H groups in total. The monoisotopic (exact) mass is 280 g/mol. The van der Waals surface area contributed by atoms with Crippen LogP contribution in [0, 0.1) is 5.82 Å². The number of sulfonamides is 1. The van der Waals surface area contributed by atoms with Crippen LogP contribution in [0.15, 0.2) is 17.0 Å². The summed E-state index contributed by atoms with van der Waals surface area (Å²) in [7, 11) is -3.94. The van der Waals surface area contributed by atoms with Gasteiger partial charge in [0.1, 0.15) is 4.90 Å². The molecule has 1 aromatic carbocycles. The van der Waals surface area contributed by atoms with Crippen LogP contribution < -0.4 is 10.5 Å². The predicted molar refractivity (Wildman–Crippen MR) is 65.9 cm³/mol. The third kappa shape index (κ3) is 3.31. The smallest absolute Gasteiger partial charge is 0.243 e. The summed E-state index contributed by atoms with van der Waals surface area (Å²) < 4.78 is 39.7. The maximum absolute atomic E-state index is 13.6. The molecule has 0 aliphatic heterocycles. The SMILES string of the molecule is CCC(C)NS(=O)(=O)c1cc(N)cc(Cl)c1F. The molecule has 0 aliphatic carbocycles. The zero-order valence-corrected chi connectivity index (χ0v) is 11.1. The van der Waals surface area contributed by atoms with Gasteiger partial charge < -0.3 is 5.73 Å². The van der Waals surface area contributed by atoms with Gasteiger partial charge in [-0.3, -0.25) is 0 Å². The molecule has 0 fully saturated rings. The minimum atomic E-state index is -3.94. The third-order valence-corrected chi connectivity index (χ3v) is 4.14. The molecular weight excluding hydrogens is 267 g/mol. The van der Waals surface area contributed by atoms with Gasteiger partial charge in [-0.1, -0.05) is 18.5 Å². The quantitative estimate of drug-likeness (QED) is 0.830. The second-order valence-electron chi connectivity index (χ2n) is 3.75. The van der Waals surface area contributed by atoms with Crippen molar-refractivity contribution in [3.05, 3.63) is 23.0 Å². The first kappa shape index (κ1) is 14.2. The Bertz CT molecular complexity index is 519. The van der Waals surface area contributed by atoms with Crippen molar-refractivity contribution in [1.82, 2.24) is 4.72 Å². The summed E-state index contributed by atoms with van der Waals surface area (Å²) in [5.74, 6) is -0.989. The Morgan fingerprint density at radius 3 is 2.65 bits per heavy atom. The lowest BCUT2D eigenvalue weighted by Crippen LogP contribution is -2.32. The van der Waals surface area contributed by atoms with Gasteiger partial charge in [-0.25, -0.2) is 17.5 Å². The van der Waals surface area contributed by atoms with Crippen LogP contribution in [0.3, 0.4) is 0 Å². The summed E-state index contributed by atoms with van der Waals surface area (Å²) in [6, 6.07) is 1.92. The molecule has 0 radical (unpaired) electrons. The van der Waals surface area contributed by atoms with Crippen LogP contribution in [0.5, 0.6) is 0 Å². The van der Waals surface area contributed by atoms with Crippen LogP contribution in [-0.4, -0.2) is 14.5 Å². The molecule has 1 rings (SSSR count). The fourth-order valence-corrected chi connectivity index (χ4v) is 2.94. The summed E-state index contributed by atoms with van der Waals surface area (Å²) in [5, 5.41) is -0.311. The Balaban J connectivity index is 3.24. The van der Waals surface area contributed by atoms with E-state index in [2.05, 4.69) is 4.72 Å². The average Bonchev–Trinajstić information content (AvgIpc) is 2.22. The van der Waals surface area contributed by atoms with E-state index >= 15 is 0 Å². The summed E-state index contributed by atoms with van der Waals surface area (Å²) >= 11 is 5.55. The number of hydrogen-bond donors (Lipinski definition) is 2. The molecule has 0 saturated carbocycles. The maximum atomic E-state index is 13.6. The van der Waals surface area contributed by atoms with E-state index in [1.807, 2.05) is 6.92 Å². The molecule has 1 atom stereocenters. The molecule has 96 valence electrons. The maximum Gasteiger partial charge on any atom is 0.243 e. The van der Waals surface area contributed by atoms with Crippen molar-refractivity contribution in [2.24, 2.45) is 0 Å². The van der Waals surface area contributed by atoms with E-state index in [0.29, 0.717) is 6.42 Å². The number of halogens is 2. The highest BCUT2D eigenvalue weighted by Crippen LogP contribution is 2.25. The van der Waals surface area contributed by atoms with Gasteiger partial charge in [-0.15, -0.1) is 0 Å².